The number of rotatable bonds is 6. The topological polar surface area (TPSA) is 158 Å². The molecule has 0 aromatic carbocycles. The van der Waals surface area contributed by atoms with Gasteiger partial charge in [-0.1, -0.05) is 17.7 Å². The molecule has 0 saturated carbocycles. The van der Waals surface area contributed by atoms with Gasteiger partial charge in [0.2, 0.25) is 17.3 Å². The van der Waals surface area contributed by atoms with Gasteiger partial charge in [0.25, 0.3) is 0 Å². The molecule has 0 aliphatic heterocycles. The van der Waals surface area contributed by atoms with Crippen molar-refractivity contribution in [3.63, 3.8) is 0 Å². The number of carboxylic acid groups (broad SMARTS) is 1. The Morgan fingerprint density at radius 2 is 1.56 bits per heavy atom. The molecule has 0 aliphatic rings. The maximum Gasteiger partial charge on any atom is 0.367 e. The molecule has 0 bridgehead atoms. The monoisotopic (exact) mass is 459 g/mol. The van der Waals surface area contributed by atoms with Crippen molar-refractivity contribution in [1.82, 2.24) is 15.0 Å². The smallest absolute Gasteiger partial charge is 0.367 e. The number of hydrogen-bond acceptors (Lipinski definition) is 9. The molecule has 0 unspecified atom stereocenters. The molecule has 12 heteroatoms. The summed E-state index contributed by atoms with van der Waals surface area (Å²) in [6, 6.07) is 7.63. The van der Waals surface area contributed by atoms with Crippen molar-refractivity contribution in [3.8, 4) is 17.5 Å². The molecular formula is C20H14ClN3O8. The van der Waals surface area contributed by atoms with Crippen LogP contribution in [-0.4, -0.2) is 45.1 Å². The van der Waals surface area contributed by atoms with E-state index in [1.165, 1.54) is 44.4 Å². The number of esters is 2. The third-order valence-electron chi connectivity index (χ3n) is 3.99. The van der Waals surface area contributed by atoms with Crippen molar-refractivity contribution in [2.75, 3.05) is 7.11 Å². The molecule has 11 nitrogen and oxygen atoms in total. The fourth-order valence-electron chi connectivity index (χ4n) is 2.48. The van der Waals surface area contributed by atoms with Crippen LogP contribution in [0.2, 0.25) is 5.02 Å². The van der Waals surface area contributed by atoms with E-state index in [9.17, 15) is 19.2 Å². The van der Waals surface area contributed by atoms with Crippen molar-refractivity contribution < 1.29 is 33.7 Å². The van der Waals surface area contributed by atoms with Crippen LogP contribution in [-0.2, 0) is 0 Å². The molecule has 164 valence electrons. The van der Waals surface area contributed by atoms with Gasteiger partial charge in [-0.05, 0) is 24.6 Å². The zero-order valence-corrected chi connectivity index (χ0v) is 17.3. The van der Waals surface area contributed by atoms with Crippen LogP contribution in [0, 0.1) is 6.92 Å². The Kier molecular flexibility index (Phi) is 6.50. The number of hydrogen-bond donors (Lipinski definition) is 2. The van der Waals surface area contributed by atoms with E-state index in [1.54, 1.807) is 0 Å². The number of methoxy groups -OCH3 is 1. The first-order chi connectivity index (χ1) is 15.2. The number of nitrogens with one attached hydrogen (secondary N) is 1. The highest BCUT2D eigenvalue weighted by atomic mass is 35.5. The number of aromatic nitrogens is 3. The highest BCUT2D eigenvalue weighted by Gasteiger charge is 2.22. The van der Waals surface area contributed by atoms with Crippen LogP contribution in [0.15, 0.2) is 41.2 Å². The molecule has 0 amide bonds. The number of aromatic carboxylic acids is 1. The standard InChI is InChI=1S/C20H14ClN3O8/c1-9-3-7-13(23-15(9)18(26)27)32-20(29)17-11(30-2)5-8-14(24-17)31-19(28)16-10(21)4-6-12(25)22-16/h3-8H,1-2H3,(H,22,25)(H,26,27). The van der Waals surface area contributed by atoms with Crippen LogP contribution in [0.4, 0.5) is 0 Å². The first-order valence-electron chi connectivity index (χ1n) is 8.78. The quantitative estimate of drug-likeness (QED) is 0.523. The molecule has 3 rings (SSSR count). The van der Waals surface area contributed by atoms with E-state index >= 15 is 0 Å². The van der Waals surface area contributed by atoms with E-state index in [2.05, 4.69) is 15.0 Å². The number of pyridine rings is 3. The van der Waals surface area contributed by atoms with Crippen molar-refractivity contribution in [2.45, 2.75) is 6.92 Å². The normalized spacial score (nSPS) is 10.3. The lowest BCUT2D eigenvalue weighted by atomic mass is 10.2. The van der Waals surface area contributed by atoms with Crippen molar-refractivity contribution in [1.29, 1.82) is 0 Å². The predicted octanol–water partition coefficient (Wildman–Crippen LogP) is 2.27. The van der Waals surface area contributed by atoms with Gasteiger partial charge in [-0.15, -0.1) is 0 Å². The average Bonchev–Trinajstić information content (AvgIpc) is 2.76. The lowest BCUT2D eigenvalue weighted by Crippen LogP contribution is -2.19. The number of carbonyl (C=O) groups excluding carboxylic acids is 2. The number of nitrogens with zero attached hydrogens (tertiary/aromatic N) is 2. The molecule has 0 fully saturated rings. The second-order valence-electron chi connectivity index (χ2n) is 6.15. The summed E-state index contributed by atoms with van der Waals surface area (Å²) in [4.78, 5) is 57.5. The minimum Gasteiger partial charge on any atom is -0.494 e. The molecule has 3 aromatic heterocycles. The van der Waals surface area contributed by atoms with E-state index in [0.717, 1.165) is 6.07 Å². The number of aryl methyl sites for hydroxylation is 1. The van der Waals surface area contributed by atoms with E-state index in [-0.39, 0.29) is 39.6 Å². The molecule has 2 N–H and O–H groups in total. The molecule has 3 aromatic rings. The average molecular weight is 460 g/mol. The summed E-state index contributed by atoms with van der Waals surface area (Å²) in [6.45, 7) is 1.54. The Balaban J connectivity index is 1.87. The summed E-state index contributed by atoms with van der Waals surface area (Å²) in [7, 11) is 1.28. The van der Waals surface area contributed by atoms with E-state index in [4.69, 9.17) is 30.9 Å². The van der Waals surface area contributed by atoms with Crippen LogP contribution in [0.1, 0.15) is 37.0 Å². The van der Waals surface area contributed by atoms with Gasteiger partial charge in [-0.3, -0.25) is 4.79 Å². The summed E-state index contributed by atoms with van der Waals surface area (Å²) < 4.78 is 15.3. The lowest BCUT2D eigenvalue weighted by Gasteiger charge is -2.10. The van der Waals surface area contributed by atoms with Gasteiger partial charge in [-0.25, -0.2) is 24.4 Å². The number of halogens is 1. The van der Waals surface area contributed by atoms with Crippen LogP contribution in [0.3, 0.4) is 0 Å². The SMILES string of the molecule is COc1ccc(OC(=O)c2[nH]c(=O)ccc2Cl)nc1C(=O)Oc1ccc(C)c(C(=O)O)n1. The Morgan fingerprint density at radius 3 is 2.22 bits per heavy atom. The molecule has 0 atom stereocenters. The Labute approximate surface area is 184 Å². The molecule has 0 saturated heterocycles. The van der Waals surface area contributed by atoms with Crippen LogP contribution < -0.4 is 19.8 Å². The zero-order valence-electron chi connectivity index (χ0n) is 16.5. The van der Waals surface area contributed by atoms with Gasteiger partial charge in [0.15, 0.2) is 17.1 Å². The summed E-state index contributed by atoms with van der Waals surface area (Å²) in [5.74, 6) is -3.95. The van der Waals surface area contributed by atoms with Gasteiger partial charge in [0.1, 0.15) is 5.69 Å². The fraction of sp³-hybridized carbons (Fsp3) is 0.100. The summed E-state index contributed by atoms with van der Waals surface area (Å²) >= 11 is 5.89. The lowest BCUT2D eigenvalue weighted by molar-refractivity contribution is 0.0670. The second-order valence-corrected chi connectivity index (χ2v) is 6.55. The maximum atomic E-state index is 12.6. The van der Waals surface area contributed by atoms with Gasteiger partial charge in [0, 0.05) is 18.2 Å². The van der Waals surface area contributed by atoms with Crippen LogP contribution in [0.5, 0.6) is 17.5 Å². The number of H-pyrrole nitrogens is 1. The molecule has 0 radical (unpaired) electrons. The third-order valence-corrected chi connectivity index (χ3v) is 4.30. The minimum absolute atomic E-state index is 0.00785. The Hall–Kier alpha value is -4.25. The number of aromatic amines is 1. The summed E-state index contributed by atoms with van der Waals surface area (Å²) in [6.07, 6.45) is 0. The first-order valence-corrected chi connectivity index (χ1v) is 9.16. The van der Waals surface area contributed by atoms with E-state index in [1.807, 2.05) is 0 Å². The molecule has 0 spiro atoms. The van der Waals surface area contributed by atoms with Crippen molar-refractivity contribution >= 4 is 29.5 Å². The van der Waals surface area contributed by atoms with Gasteiger partial charge >= 0.3 is 17.9 Å². The molecule has 32 heavy (non-hydrogen) atoms. The maximum absolute atomic E-state index is 12.6. The Morgan fingerprint density at radius 1 is 0.938 bits per heavy atom. The van der Waals surface area contributed by atoms with E-state index < -0.39 is 23.5 Å². The highest BCUT2D eigenvalue weighted by molar-refractivity contribution is 6.33. The van der Waals surface area contributed by atoms with Crippen molar-refractivity contribution in [3.05, 3.63) is 74.4 Å². The summed E-state index contributed by atoms with van der Waals surface area (Å²) in [5, 5.41) is 9.11. The predicted molar refractivity (Wildman–Crippen MR) is 109 cm³/mol. The number of ether oxygens (including phenoxy) is 3. The molecule has 0 aliphatic carbocycles. The van der Waals surface area contributed by atoms with Gasteiger partial charge in [-0.2, -0.15) is 0 Å². The fourth-order valence-corrected chi connectivity index (χ4v) is 2.66. The number of carboxylic acids is 1. The van der Waals surface area contributed by atoms with Crippen LogP contribution in [0.25, 0.3) is 0 Å². The van der Waals surface area contributed by atoms with Gasteiger partial charge < -0.3 is 24.3 Å². The van der Waals surface area contributed by atoms with Crippen LogP contribution >= 0.6 is 11.6 Å². The minimum atomic E-state index is -1.29. The molecular weight excluding hydrogens is 446 g/mol. The largest absolute Gasteiger partial charge is 0.494 e. The number of carbonyl (C=O) groups is 3. The zero-order chi connectivity index (χ0) is 23.4. The molecule has 3 heterocycles. The van der Waals surface area contributed by atoms with Gasteiger partial charge in [0.05, 0.1) is 12.1 Å². The third kappa shape index (κ3) is 4.90. The van der Waals surface area contributed by atoms with E-state index in [0.29, 0.717) is 5.56 Å². The second kappa shape index (κ2) is 9.27. The summed E-state index contributed by atoms with van der Waals surface area (Å²) in [5.41, 5.74) is -1.15. The van der Waals surface area contributed by atoms with Crippen molar-refractivity contribution in [2.24, 2.45) is 0 Å². The first kappa shape index (κ1) is 22.4. The highest BCUT2D eigenvalue weighted by Crippen LogP contribution is 2.23. The Bertz CT molecular complexity index is 1290.